The van der Waals surface area contributed by atoms with Crippen LogP contribution in [0.2, 0.25) is 0 Å². The van der Waals surface area contributed by atoms with Gasteiger partial charge in [0.05, 0.1) is 0 Å². The average Bonchev–Trinajstić information content (AvgIpc) is 2.44. The highest BCUT2D eigenvalue weighted by Crippen LogP contribution is 2.26. The summed E-state index contributed by atoms with van der Waals surface area (Å²) in [6.45, 7) is 5.50. The van der Waals surface area contributed by atoms with E-state index in [2.05, 4.69) is 35.2 Å². The Kier molecular flexibility index (Phi) is 5.80. The molecule has 0 aromatic carbocycles. The molecule has 1 aromatic rings. The minimum Gasteiger partial charge on any atom is -0.311 e. The Bertz CT molecular complexity index is 352. The van der Waals surface area contributed by atoms with Gasteiger partial charge < -0.3 is 10.2 Å². The Balaban J connectivity index is 1.62. The number of hydrogen-bond donors (Lipinski definition) is 1. The SMILES string of the molecule is CC1CCCC(N(C)CCNCc2cccnc2)C1. The van der Waals surface area contributed by atoms with E-state index >= 15 is 0 Å². The number of nitrogens with zero attached hydrogens (tertiary/aromatic N) is 2. The summed E-state index contributed by atoms with van der Waals surface area (Å²) < 4.78 is 0. The van der Waals surface area contributed by atoms with Gasteiger partial charge in [-0.05, 0) is 37.4 Å². The second-order valence-electron chi connectivity index (χ2n) is 5.94. The second-order valence-corrected chi connectivity index (χ2v) is 5.94. The first-order valence-electron chi connectivity index (χ1n) is 7.55. The summed E-state index contributed by atoms with van der Waals surface area (Å²) in [5, 5.41) is 3.50. The smallest absolute Gasteiger partial charge is 0.0312 e. The number of nitrogens with one attached hydrogen (secondary N) is 1. The van der Waals surface area contributed by atoms with Gasteiger partial charge in [-0.1, -0.05) is 25.8 Å². The quantitative estimate of drug-likeness (QED) is 0.798. The zero-order valence-corrected chi connectivity index (χ0v) is 12.3. The van der Waals surface area contributed by atoms with Gasteiger partial charge in [-0.2, -0.15) is 0 Å². The van der Waals surface area contributed by atoms with Crippen molar-refractivity contribution in [1.29, 1.82) is 0 Å². The van der Waals surface area contributed by atoms with Gasteiger partial charge in [-0.25, -0.2) is 0 Å². The molecule has 106 valence electrons. The van der Waals surface area contributed by atoms with Crippen molar-refractivity contribution >= 4 is 0 Å². The van der Waals surface area contributed by atoms with Gasteiger partial charge in [-0.3, -0.25) is 4.98 Å². The molecular weight excluding hydrogens is 234 g/mol. The van der Waals surface area contributed by atoms with Crippen molar-refractivity contribution in [3.63, 3.8) is 0 Å². The first-order valence-corrected chi connectivity index (χ1v) is 7.55. The molecule has 1 aromatic heterocycles. The first-order chi connectivity index (χ1) is 9.25. The van der Waals surface area contributed by atoms with E-state index < -0.39 is 0 Å². The van der Waals surface area contributed by atoms with Crippen LogP contribution in [0.4, 0.5) is 0 Å². The van der Waals surface area contributed by atoms with E-state index in [0.717, 1.165) is 31.6 Å². The van der Waals surface area contributed by atoms with Gasteiger partial charge in [-0.15, -0.1) is 0 Å². The van der Waals surface area contributed by atoms with Crippen molar-refractivity contribution < 1.29 is 0 Å². The summed E-state index contributed by atoms with van der Waals surface area (Å²) in [5.74, 6) is 0.907. The number of hydrogen-bond acceptors (Lipinski definition) is 3. The van der Waals surface area contributed by atoms with Crippen LogP contribution in [0.3, 0.4) is 0 Å². The molecule has 0 radical (unpaired) electrons. The summed E-state index contributed by atoms with van der Waals surface area (Å²) >= 11 is 0. The lowest BCUT2D eigenvalue weighted by Gasteiger charge is -2.34. The van der Waals surface area contributed by atoms with Gasteiger partial charge in [0, 0.05) is 38.1 Å². The van der Waals surface area contributed by atoms with Crippen LogP contribution >= 0.6 is 0 Å². The van der Waals surface area contributed by atoms with Crippen molar-refractivity contribution in [2.75, 3.05) is 20.1 Å². The van der Waals surface area contributed by atoms with Gasteiger partial charge >= 0.3 is 0 Å². The number of aromatic nitrogens is 1. The van der Waals surface area contributed by atoms with Crippen molar-refractivity contribution in [2.24, 2.45) is 5.92 Å². The van der Waals surface area contributed by atoms with Crippen molar-refractivity contribution in [1.82, 2.24) is 15.2 Å². The number of pyridine rings is 1. The van der Waals surface area contributed by atoms with Crippen LogP contribution in [0.15, 0.2) is 24.5 Å². The fraction of sp³-hybridized carbons (Fsp3) is 0.688. The normalized spacial score (nSPS) is 23.7. The maximum absolute atomic E-state index is 4.13. The van der Waals surface area contributed by atoms with Crippen molar-refractivity contribution in [3.05, 3.63) is 30.1 Å². The van der Waals surface area contributed by atoms with Crippen molar-refractivity contribution in [2.45, 2.75) is 45.2 Å². The third kappa shape index (κ3) is 4.92. The lowest BCUT2D eigenvalue weighted by Crippen LogP contribution is -2.39. The van der Waals surface area contributed by atoms with E-state index in [9.17, 15) is 0 Å². The van der Waals surface area contributed by atoms with Gasteiger partial charge in [0.25, 0.3) is 0 Å². The fourth-order valence-electron chi connectivity index (χ4n) is 2.98. The molecule has 2 rings (SSSR count). The molecule has 1 fully saturated rings. The summed E-state index contributed by atoms with van der Waals surface area (Å²) in [6.07, 6.45) is 9.33. The van der Waals surface area contributed by atoms with Gasteiger partial charge in [0.1, 0.15) is 0 Å². The lowest BCUT2D eigenvalue weighted by atomic mass is 9.86. The van der Waals surface area contributed by atoms with Crippen LogP contribution in [0.1, 0.15) is 38.2 Å². The Morgan fingerprint density at radius 3 is 3.05 bits per heavy atom. The minimum absolute atomic E-state index is 0.795. The molecule has 0 amide bonds. The molecule has 0 spiro atoms. The molecule has 1 saturated carbocycles. The molecule has 3 heteroatoms. The number of rotatable bonds is 6. The molecule has 2 atom stereocenters. The monoisotopic (exact) mass is 261 g/mol. The predicted molar refractivity (Wildman–Crippen MR) is 80.0 cm³/mol. The van der Waals surface area contributed by atoms with Crippen molar-refractivity contribution in [3.8, 4) is 0 Å². The summed E-state index contributed by atoms with van der Waals surface area (Å²) in [5.41, 5.74) is 1.26. The molecule has 0 aliphatic heterocycles. The standard InChI is InChI=1S/C16H27N3/c1-14-5-3-7-16(11-14)19(2)10-9-18-13-15-6-4-8-17-12-15/h4,6,8,12,14,16,18H,3,5,7,9-11,13H2,1-2H3. The van der Waals surface area contributed by atoms with Crippen LogP contribution in [0, 0.1) is 5.92 Å². The molecular formula is C16H27N3. The average molecular weight is 261 g/mol. The van der Waals surface area contributed by atoms with E-state index in [4.69, 9.17) is 0 Å². The maximum atomic E-state index is 4.13. The lowest BCUT2D eigenvalue weighted by molar-refractivity contribution is 0.164. The molecule has 1 N–H and O–H groups in total. The van der Waals surface area contributed by atoms with Crippen LogP contribution in [0.25, 0.3) is 0 Å². The van der Waals surface area contributed by atoms with Crippen LogP contribution < -0.4 is 5.32 Å². The predicted octanol–water partition coefficient (Wildman–Crippen LogP) is 2.68. The molecule has 0 saturated heterocycles. The largest absolute Gasteiger partial charge is 0.311 e. The van der Waals surface area contributed by atoms with Crippen LogP contribution in [0.5, 0.6) is 0 Å². The topological polar surface area (TPSA) is 28.2 Å². The Morgan fingerprint density at radius 2 is 2.32 bits per heavy atom. The highest BCUT2D eigenvalue weighted by molar-refractivity contribution is 5.07. The Labute approximate surface area is 117 Å². The third-order valence-electron chi connectivity index (χ3n) is 4.23. The van der Waals surface area contributed by atoms with E-state index in [0.29, 0.717) is 0 Å². The minimum atomic E-state index is 0.795. The molecule has 1 aliphatic carbocycles. The van der Waals surface area contributed by atoms with Crippen LogP contribution in [-0.4, -0.2) is 36.1 Å². The van der Waals surface area contributed by atoms with E-state index in [1.165, 1.54) is 31.2 Å². The summed E-state index contributed by atoms with van der Waals surface area (Å²) in [6, 6.07) is 4.91. The van der Waals surface area contributed by atoms with Crippen LogP contribution in [-0.2, 0) is 6.54 Å². The molecule has 19 heavy (non-hydrogen) atoms. The molecule has 0 bridgehead atoms. The summed E-state index contributed by atoms with van der Waals surface area (Å²) in [4.78, 5) is 6.66. The second kappa shape index (κ2) is 7.61. The molecule has 2 unspecified atom stereocenters. The molecule has 1 heterocycles. The zero-order chi connectivity index (χ0) is 13.5. The van der Waals surface area contributed by atoms with E-state index in [1.807, 2.05) is 18.5 Å². The Hall–Kier alpha value is -0.930. The van der Waals surface area contributed by atoms with E-state index in [-0.39, 0.29) is 0 Å². The van der Waals surface area contributed by atoms with Gasteiger partial charge in [0.15, 0.2) is 0 Å². The molecule has 3 nitrogen and oxygen atoms in total. The number of likely N-dealkylation sites (N-methyl/N-ethyl adjacent to an activating group) is 1. The fourth-order valence-corrected chi connectivity index (χ4v) is 2.98. The molecule has 1 aliphatic rings. The van der Waals surface area contributed by atoms with E-state index in [1.54, 1.807) is 0 Å². The summed E-state index contributed by atoms with van der Waals surface area (Å²) in [7, 11) is 2.27. The first kappa shape index (κ1) is 14.5. The highest BCUT2D eigenvalue weighted by atomic mass is 15.1. The zero-order valence-electron chi connectivity index (χ0n) is 12.3. The Morgan fingerprint density at radius 1 is 1.42 bits per heavy atom. The highest BCUT2D eigenvalue weighted by Gasteiger charge is 2.21. The third-order valence-corrected chi connectivity index (χ3v) is 4.23. The van der Waals surface area contributed by atoms with Gasteiger partial charge in [0.2, 0.25) is 0 Å². The maximum Gasteiger partial charge on any atom is 0.0312 e.